The van der Waals surface area contributed by atoms with Gasteiger partial charge in [-0.05, 0) is 0 Å². The maximum atomic E-state index is 8.52. The number of rotatable bonds is 0. The fraction of sp³-hybridized carbons (Fsp3) is 0. The zero-order chi connectivity index (χ0) is 4.50. The van der Waals surface area contributed by atoms with Crippen LogP contribution in [0, 0.1) is 0 Å². The Labute approximate surface area is 55.3 Å². The van der Waals surface area contributed by atoms with E-state index in [1.807, 2.05) is 0 Å². The Bertz CT molecular complexity index is 90.7. The SMILES string of the molecule is O=S(=O)([O-])[O-].[PbH4+2]. The van der Waals surface area contributed by atoms with E-state index in [9.17, 15) is 0 Å². The summed E-state index contributed by atoms with van der Waals surface area (Å²) < 4.78 is 34.1. The summed E-state index contributed by atoms with van der Waals surface area (Å²) in [4.78, 5) is 0. The van der Waals surface area contributed by atoms with Crippen LogP contribution in [-0.4, -0.2) is 44.8 Å². The van der Waals surface area contributed by atoms with Crippen LogP contribution in [0.3, 0.4) is 0 Å². The Hall–Kier alpha value is 0.792. The van der Waals surface area contributed by atoms with Crippen molar-refractivity contribution in [2.24, 2.45) is 0 Å². The fourth-order valence-electron chi connectivity index (χ4n) is 0. The molecule has 0 unspecified atom stereocenters. The minimum absolute atomic E-state index is 0. The molecule has 0 fully saturated rings. The second kappa shape index (κ2) is 2.88. The van der Waals surface area contributed by atoms with E-state index in [2.05, 4.69) is 0 Å². The van der Waals surface area contributed by atoms with Crippen molar-refractivity contribution in [2.75, 3.05) is 0 Å². The van der Waals surface area contributed by atoms with Crippen molar-refractivity contribution in [2.45, 2.75) is 0 Å². The van der Waals surface area contributed by atoms with Crippen molar-refractivity contribution >= 4 is 37.7 Å². The molecule has 0 amide bonds. The number of hydrogen-bond acceptors (Lipinski definition) is 4. The van der Waals surface area contributed by atoms with E-state index < -0.39 is 10.4 Å². The first-order valence-corrected chi connectivity index (χ1v) is 2.00. The molecular formula is H4O4PbS. The molecule has 0 saturated carbocycles. The summed E-state index contributed by atoms with van der Waals surface area (Å²) in [5.41, 5.74) is 0. The molecule has 0 saturated heterocycles. The van der Waals surface area contributed by atoms with Gasteiger partial charge in [0.15, 0.2) is 0 Å². The summed E-state index contributed by atoms with van der Waals surface area (Å²) >= 11 is 0. The predicted molar refractivity (Wildman–Crippen MR) is 21.8 cm³/mol. The third-order valence-corrected chi connectivity index (χ3v) is 0. The molecule has 4 nitrogen and oxygen atoms in total. The number of hydrogen-bond donors (Lipinski definition) is 0. The van der Waals surface area contributed by atoms with Gasteiger partial charge in [0.05, 0.1) is 0 Å². The molecule has 0 aromatic heterocycles. The Morgan fingerprint density at radius 3 is 1.17 bits per heavy atom. The van der Waals surface area contributed by atoms with E-state index in [0.29, 0.717) is 0 Å². The molecule has 0 aliphatic carbocycles. The molecule has 0 aromatic carbocycles. The van der Waals surface area contributed by atoms with Gasteiger partial charge in [-0.1, -0.05) is 0 Å². The zero-order valence-corrected chi connectivity index (χ0v) is 2.86. The molecule has 6 heteroatoms. The first-order valence-electron chi connectivity index (χ1n) is 0.667. The molecule has 2 radical (unpaired) electrons. The van der Waals surface area contributed by atoms with Crippen molar-refractivity contribution in [1.82, 2.24) is 0 Å². The summed E-state index contributed by atoms with van der Waals surface area (Å²) in [5, 5.41) is 0. The molecule has 6 heavy (non-hydrogen) atoms. The van der Waals surface area contributed by atoms with Crippen molar-refractivity contribution in [3.05, 3.63) is 0 Å². The molecule has 38 valence electrons. The Morgan fingerprint density at radius 2 is 1.17 bits per heavy atom. The Kier molecular flexibility index (Phi) is 4.77. The van der Waals surface area contributed by atoms with E-state index in [1.165, 1.54) is 0 Å². The summed E-state index contributed by atoms with van der Waals surface area (Å²) in [6.45, 7) is 0. The van der Waals surface area contributed by atoms with Crippen LogP contribution in [0.1, 0.15) is 0 Å². The summed E-state index contributed by atoms with van der Waals surface area (Å²) in [7, 11) is -5.17. The molecule has 0 aliphatic heterocycles. The van der Waals surface area contributed by atoms with E-state index in [4.69, 9.17) is 17.5 Å². The molecule has 0 heterocycles. The van der Waals surface area contributed by atoms with Crippen molar-refractivity contribution in [3.8, 4) is 0 Å². The Balaban J connectivity index is 0. The van der Waals surface area contributed by atoms with Crippen LogP contribution in [0.5, 0.6) is 0 Å². The average molecular weight is 307 g/mol. The van der Waals surface area contributed by atoms with Crippen LogP contribution >= 0.6 is 0 Å². The van der Waals surface area contributed by atoms with E-state index >= 15 is 0 Å². The quantitative estimate of drug-likeness (QED) is 0.275. The third-order valence-electron chi connectivity index (χ3n) is 0. The van der Waals surface area contributed by atoms with Gasteiger partial charge in [0, 0.05) is 10.4 Å². The maximum absolute atomic E-state index is 8.52. The van der Waals surface area contributed by atoms with Crippen LogP contribution in [0.15, 0.2) is 0 Å². The van der Waals surface area contributed by atoms with Gasteiger partial charge in [-0.2, -0.15) is 0 Å². The van der Waals surface area contributed by atoms with Crippen LogP contribution in [-0.2, 0) is 10.4 Å². The van der Waals surface area contributed by atoms with Crippen LogP contribution < -0.4 is 0 Å². The van der Waals surface area contributed by atoms with E-state index in [1.54, 1.807) is 0 Å². The third kappa shape index (κ3) is 110. The second-order valence-electron chi connectivity index (χ2n) is 0.408. The topological polar surface area (TPSA) is 80.3 Å². The van der Waals surface area contributed by atoms with Gasteiger partial charge in [-0.25, -0.2) is 0 Å². The fourth-order valence-corrected chi connectivity index (χ4v) is 0. The molecule has 0 N–H and O–H groups in total. The summed E-state index contributed by atoms with van der Waals surface area (Å²) in [6.07, 6.45) is 0. The molecule has 0 spiro atoms. The molecule has 0 aromatic rings. The van der Waals surface area contributed by atoms with Crippen molar-refractivity contribution < 1.29 is 17.5 Å². The summed E-state index contributed by atoms with van der Waals surface area (Å²) in [6, 6.07) is 0. The van der Waals surface area contributed by atoms with Crippen LogP contribution in [0.25, 0.3) is 0 Å². The predicted octanol–water partition coefficient (Wildman–Crippen LogP) is -2.79. The van der Waals surface area contributed by atoms with Crippen molar-refractivity contribution in [1.29, 1.82) is 0 Å². The van der Waals surface area contributed by atoms with Gasteiger partial charge in [-0.15, -0.1) is 0 Å². The van der Waals surface area contributed by atoms with Gasteiger partial charge in [0.1, 0.15) is 0 Å². The van der Waals surface area contributed by atoms with Crippen molar-refractivity contribution in [3.63, 3.8) is 0 Å². The van der Waals surface area contributed by atoms with Crippen LogP contribution in [0.4, 0.5) is 0 Å². The molecule has 0 rings (SSSR count). The van der Waals surface area contributed by atoms with Gasteiger partial charge in [0.25, 0.3) is 0 Å². The van der Waals surface area contributed by atoms with Gasteiger partial charge in [0.2, 0.25) is 0 Å². The Morgan fingerprint density at radius 1 is 1.17 bits per heavy atom. The van der Waals surface area contributed by atoms with E-state index in [0.717, 1.165) is 0 Å². The molecule has 0 aliphatic rings. The zero-order valence-electron chi connectivity index (χ0n) is 2.04. The first kappa shape index (κ1) is 9.92. The van der Waals surface area contributed by atoms with Gasteiger partial charge < -0.3 is 9.11 Å². The average Bonchev–Trinajstić information content (AvgIpc) is 0.722. The van der Waals surface area contributed by atoms with Gasteiger partial charge in [-0.3, -0.25) is 8.42 Å². The molecule has 0 bridgehead atoms. The minimum atomic E-state index is -5.17. The summed E-state index contributed by atoms with van der Waals surface area (Å²) in [5.74, 6) is 0. The first-order chi connectivity index (χ1) is 2.00. The standard InChI is InChI=1S/H2O4S.Pb.4H/c1-5(2,3)4;;;;;/h(H2,1,2,3,4);;;;;/q;+2;;;;/p-2. The van der Waals surface area contributed by atoms with Gasteiger partial charge >= 0.3 is 27.3 Å². The molecular weight excluding hydrogens is 303 g/mol. The second-order valence-corrected chi connectivity index (χ2v) is 1.22. The monoisotopic (exact) mass is 308 g/mol. The normalized spacial score (nSPS) is 9.67. The van der Waals surface area contributed by atoms with E-state index in [-0.39, 0.29) is 27.3 Å². The van der Waals surface area contributed by atoms with Crippen LogP contribution in [0.2, 0.25) is 0 Å². The molecule has 0 atom stereocenters.